The van der Waals surface area contributed by atoms with Gasteiger partial charge in [-0.05, 0) is 56.2 Å². The minimum absolute atomic E-state index is 0.143. The third-order valence-corrected chi connectivity index (χ3v) is 6.97. The first-order valence-corrected chi connectivity index (χ1v) is 10.4. The summed E-state index contributed by atoms with van der Waals surface area (Å²) in [5, 5.41) is 9.58. The van der Waals surface area contributed by atoms with Crippen molar-refractivity contribution < 1.29 is 9.90 Å². The van der Waals surface area contributed by atoms with E-state index in [-0.39, 0.29) is 10.6 Å². The number of benzene rings is 1. The molecule has 140 valence electrons. The molecule has 1 spiro atoms. The van der Waals surface area contributed by atoms with Crippen LogP contribution in [0, 0.1) is 0 Å². The van der Waals surface area contributed by atoms with Crippen LogP contribution in [0.1, 0.15) is 68.1 Å². The largest absolute Gasteiger partial charge is 0.478 e. The second-order valence-electron chi connectivity index (χ2n) is 7.02. The molecule has 1 aliphatic heterocycles. The molecule has 0 bridgehead atoms. The molecule has 1 aromatic rings. The summed E-state index contributed by atoms with van der Waals surface area (Å²) < 4.78 is 0.361. The normalized spacial score (nSPS) is 21.3. The molecule has 26 heavy (non-hydrogen) atoms. The first-order chi connectivity index (χ1) is 12.5. The number of carboxylic acids is 1. The number of rotatable bonds is 1. The lowest BCUT2D eigenvalue weighted by Gasteiger charge is -2.43. The topological polar surface area (TPSA) is 75.7 Å². The third-order valence-electron chi connectivity index (χ3n) is 5.30. The van der Waals surface area contributed by atoms with Gasteiger partial charge in [0.15, 0.2) is 5.17 Å². The van der Waals surface area contributed by atoms with E-state index in [4.69, 9.17) is 22.4 Å². The third kappa shape index (κ3) is 4.26. The van der Waals surface area contributed by atoms with E-state index >= 15 is 0 Å². The summed E-state index contributed by atoms with van der Waals surface area (Å²) in [6.45, 7) is 0. The van der Waals surface area contributed by atoms with Gasteiger partial charge in [-0.15, -0.1) is 0 Å². The summed E-state index contributed by atoms with van der Waals surface area (Å²) in [5.41, 5.74) is 9.18. The van der Waals surface area contributed by atoms with Crippen molar-refractivity contribution in [3.63, 3.8) is 0 Å². The number of carbonyl (C=O) groups is 1. The van der Waals surface area contributed by atoms with Crippen LogP contribution in [0.15, 0.2) is 40.5 Å². The van der Waals surface area contributed by atoms with Gasteiger partial charge in [-0.25, -0.2) is 9.79 Å². The van der Waals surface area contributed by atoms with Crippen molar-refractivity contribution >= 4 is 34.5 Å². The van der Waals surface area contributed by atoms with Gasteiger partial charge in [0.05, 0.1) is 10.6 Å². The number of hydrogen-bond donors (Lipinski definition) is 2. The maximum Gasteiger partial charge on any atom is 0.337 e. The Morgan fingerprint density at radius 2 is 1.81 bits per heavy atom. The summed E-state index contributed by atoms with van der Waals surface area (Å²) in [5.74, 6) is -0.995. The van der Waals surface area contributed by atoms with E-state index in [0.29, 0.717) is 4.75 Å². The number of halogens is 1. The van der Waals surface area contributed by atoms with Crippen LogP contribution in [0.25, 0.3) is 0 Å². The van der Waals surface area contributed by atoms with Gasteiger partial charge in [0.1, 0.15) is 0 Å². The molecular formula is C20H25ClN2O2S. The lowest BCUT2D eigenvalue weighted by Crippen LogP contribution is -2.37. The maximum atomic E-state index is 10.3. The second kappa shape index (κ2) is 8.49. The lowest BCUT2D eigenvalue weighted by molar-refractivity contribution is 0.0697. The number of aliphatic imine (C=N–C) groups is 1. The first-order valence-electron chi connectivity index (χ1n) is 9.25. The molecule has 0 amide bonds. The van der Waals surface area contributed by atoms with E-state index in [1.54, 1.807) is 23.8 Å². The Labute approximate surface area is 163 Å². The molecule has 4 rings (SSSR count). The first kappa shape index (κ1) is 19.3. The number of fused-ring (bicyclic) bond motifs is 1. The molecule has 3 aliphatic rings. The van der Waals surface area contributed by atoms with E-state index in [1.807, 2.05) is 11.8 Å². The van der Waals surface area contributed by atoms with Crippen LogP contribution >= 0.6 is 23.4 Å². The highest BCUT2D eigenvalue weighted by molar-refractivity contribution is 8.15. The fourth-order valence-electron chi connectivity index (χ4n) is 4.08. The van der Waals surface area contributed by atoms with E-state index in [1.165, 1.54) is 69.6 Å². The minimum atomic E-state index is -0.995. The van der Waals surface area contributed by atoms with Gasteiger partial charge < -0.3 is 10.8 Å². The Balaban J connectivity index is 0.000000170. The molecule has 0 radical (unpaired) electrons. The Bertz CT molecular complexity index is 739. The summed E-state index contributed by atoms with van der Waals surface area (Å²) in [4.78, 5) is 14.9. The van der Waals surface area contributed by atoms with E-state index in [0.717, 1.165) is 5.17 Å². The van der Waals surface area contributed by atoms with Gasteiger partial charge in [0.2, 0.25) is 0 Å². The van der Waals surface area contributed by atoms with E-state index in [2.05, 4.69) is 4.99 Å². The predicted octanol–water partition coefficient (Wildman–Crippen LogP) is 5.62. The van der Waals surface area contributed by atoms with Crippen LogP contribution in [0.5, 0.6) is 0 Å². The number of allylic oxidation sites excluding steroid dienone is 1. The number of thioether (sulfide) groups is 1. The molecule has 2 aliphatic carbocycles. The highest BCUT2D eigenvalue weighted by Crippen LogP contribution is 2.52. The standard InChI is InChI=1S/C13H20N2S.C7H5ClO2/c14-12-15-11-7-3-2-6-10(11)13(16-12)8-4-1-5-9-13;8-6-4-2-1-3-5(6)7(9)10/h1-9H2,(H2,14,15);1-4H,(H,9,10). The number of aromatic carboxylic acids is 1. The molecule has 0 saturated heterocycles. The molecule has 1 saturated carbocycles. The van der Waals surface area contributed by atoms with E-state index < -0.39 is 5.97 Å². The Kier molecular flexibility index (Phi) is 6.30. The minimum Gasteiger partial charge on any atom is -0.478 e. The summed E-state index contributed by atoms with van der Waals surface area (Å²) >= 11 is 7.40. The molecule has 1 aromatic carbocycles. The van der Waals surface area contributed by atoms with Crippen molar-refractivity contribution in [3.05, 3.63) is 46.1 Å². The molecular weight excluding hydrogens is 368 g/mol. The fourth-order valence-corrected chi connectivity index (χ4v) is 5.69. The predicted molar refractivity (Wildman–Crippen MR) is 109 cm³/mol. The average Bonchev–Trinajstić information content (AvgIpc) is 2.63. The average molecular weight is 393 g/mol. The van der Waals surface area contributed by atoms with Crippen molar-refractivity contribution in [3.8, 4) is 0 Å². The lowest BCUT2D eigenvalue weighted by atomic mass is 9.77. The highest BCUT2D eigenvalue weighted by Gasteiger charge is 2.41. The van der Waals surface area contributed by atoms with Crippen molar-refractivity contribution in [1.29, 1.82) is 0 Å². The maximum absolute atomic E-state index is 10.3. The smallest absolute Gasteiger partial charge is 0.337 e. The van der Waals surface area contributed by atoms with Gasteiger partial charge in [0.25, 0.3) is 0 Å². The zero-order valence-corrected chi connectivity index (χ0v) is 16.4. The van der Waals surface area contributed by atoms with Crippen molar-refractivity contribution in [2.24, 2.45) is 10.7 Å². The van der Waals surface area contributed by atoms with E-state index in [9.17, 15) is 4.79 Å². The Morgan fingerprint density at radius 3 is 2.46 bits per heavy atom. The number of hydrogen-bond acceptors (Lipinski definition) is 4. The van der Waals surface area contributed by atoms with Gasteiger partial charge in [-0.2, -0.15) is 0 Å². The number of amidine groups is 1. The Morgan fingerprint density at radius 1 is 1.12 bits per heavy atom. The quantitative estimate of drug-likeness (QED) is 0.650. The van der Waals surface area contributed by atoms with Crippen LogP contribution < -0.4 is 5.73 Å². The zero-order valence-electron chi connectivity index (χ0n) is 14.8. The van der Waals surface area contributed by atoms with Crippen LogP contribution in [-0.4, -0.2) is 21.0 Å². The molecule has 4 nitrogen and oxygen atoms in total. The molecule has 0 atom stereocenters. The molecule has 3 N–H and O–H groups in total. The second-order valence-corrected chi connectivity index (χ2v) is 8.84. The molecule has 6 heteroatoms. The SMILES string of the molecule is NC1=NC2=C(CCCC2)C2(CCCCC2)S1.O=C(O)c1ccccc1Cl. The van der Waals surface area contributed by atoms with Crippen LogP contribution in [0.3, 0.4) is 0 Å². The van der Waals surface area contributed by atoms with Crippen LogP contribution in [0.4, 0.5) is 0 Å². The van der Waals surface area contributed by atoms with Crippen LogP contribution in [-0.2, 0) is 0 Å². The monoisotopic (exact) mass is 392 g/mol. The number of nitrogens with two attached hydrogens (primary N) is 1. The van der Waals surface area contributed by atoms with Gasteiger partial charge in [0, 0.05) is 10.4 Å². The number of nitrogens with zero attached hydrogens (tertiary/aromatic N) is 1. The molecule has 1 heterocycles. The molecule has 1 fully saturated rings. The van der Waals surface area contributed by atoms with Crippen molar-refractivity contribution in [2.75, 3.05) is 0 Å². The summed E-state index contributed by atoms with van der Waals surface area (Å²) in [6.07, 6.45) is 11.9. The van der Waals surface area contributed by atoms with Gasteiger partial charge in [-0.1, -0.05) is 54.8 Å². The molecule has 0 unspecified atom stereocenters. The van der Waals surface area contributed by atoms with Crippen molar-refractivity contribution in [2.45, 2.75) is 62.5 Å². The van der Waals surface area contributed by atoms with Gasteiger partial charge >= 0.3 is 5.97 Å². The van der Waals surface area contributed by atoms with Crippen molar-refractivity contribution in [1.82, 2.24) is 0 Å². The molecule has 0 aromatic heterocycles. The summed E-state index contributed by atoms with van der Waals surface area (Å²) in [7, 11) is 0. The summed E-state index contributed by atoms with van der Waals surface area (Å²) in [6, 6.07) is 6.33. The van der Waals surface area contributed by atoms with Crippen LogP contribution in [0.2, 0.25) is 5.02 Å². The number of carboxylic acid groups (broad SMARTS) is 1. The van der Waals surface area contributed by atoms with Gasteiger partial charge in [-0.3, -0.25) is 0 Å². The Hall–Kier alpha value is -1.46. The zero-order chi connectivity index (χ0) is 18.6. The fraction of sp³-hybridized carbons (Fsp3) is 0.500. The highest BCUT2D eigenvalue weighted by atomic mass is 35.5.